The van der Waals surface area contributed by atoms with E-state index in [4.69, 9.17) is 10.5 Å². The number of amides is 1. The van der Waals surface area contributed by atoms with Crippen LogP contribution in [0, 0.1) is 0 Å². The van der Waals surface area contributed by atoms with Gasteiger partial charge in [0.15, 0.2) is 11.5 Å². The van der Waals surface area contributed by atoms with Crippen molar-refractivity contribution < 1.29 is 9.53 Å². The second kappa shape index (κ2) is 7.35. The number of benzene rings is 2. The number of anilines is 2. The summed E-state index contributed by atoms with van der Waals surface area (Å²) in [7, 11) is 1.60. The quantitative estimate of drug-likeness (QED) is 0.684. The van der Waals surface area contributed by atoms with Crippen molar-refractivity contribution in [2.45, 2.75) is 6.54 Å². The van der Waals surface area contributed by atoms with Gasteiger partial charge in [-0.2, -0.15) is 0 Å². The van der Waals surface area contributed by atoms with Gasteiger partial charge in [-0.25, -0.2) is 4.68 Å². The molecule has 3 N–H and O–H groups in total. The van der Waals surface area contributed by atoms with Crippen molar-refractivity contribution in [3.8, 4) is 5.75 Å². The topological polar surface area (TPSA) is 95.1 Å². The summed E-state index contributed by atoms with van der Waals surface area (Å²) in [5, 5.41) is 10.6. The van der Waals surface area contributed by atoms with Crippen LogP contribution in [0.4, 0.5) is 11.5 Å². The van der Waals surface area contributed by atoms with Gasteiger partial charge in [-0.1, -0.05) is 33.3 Å². The number of nitrogens with zero attached hydrogens (tertiary/aromatic N) is 3. The summed E-state index contributed by atoms with van der Waals surface area (Å²) in [6.45, 7) is 0.390. The first-order chi connectivity index (χ1) is 12.1. The van der Waals surface area contributed by atoms with Crippen LogP contribution in [0.25, 0.3) is 0 Å². The fourth-order valence-corrected chi connectivity index (χ4v) is 2.53. The Labute approximate surface area is 152 Å². The SMILES string of the molecule is COc1cccc(Cn2nnc(C(=O)Nc3ccc(Br)cc3)c2N)c1. The van der Waals surface area contributed by atoms with E-state index in [9.17, 15) is 4.79 Å². The average molecular weight is 402 g/mol. The maximum absolute atomic E-state index is 12.3. The van der Waals surface area contributed by atoms with Crippen molar-refractivity contribution in [1.29, 1.82) is 0 Å². The van der Waals surface area contributed by atoms with Gasteiger partial charge in [0.25, 0.3) is 5.91 Å². The van der Waals surface area contributed by atoms with E-state index in [1.54, 1.807) is 19.2 Å². The predicted octanol–water partition coefficient (Wildman–Crippen LogP) is 2.93. The van der Waals surface area contributed by atoms with Gasteiger partial charge in [0, 0.05) is 10.2 Å². The van der Waals surface area contributed by atoms with Crippen LogP contribution < -0.4 is 15.8 Å². The van der Waals surface area contributed by atoms with E-state index in [0.717, 1.165) is 15.8 Å². The van der Waals surface area contributed by atoms with Gasteiger partial charge in [0.05, 0.1) is 13.7 Å². The number of nitrogen functional groups attached to an aromatic ring is 1. The normalized spacial score (nSPS) is 10.5. The zero-order valence-corrected chi connectivity index (χ0v) is 15.0. The van der Waals surface area contributed by atoms with Crippen LogP contribution in [-0.2, 0) is 6.54 Å². The maximum atomic E-state index is 12.3. The molecule has 1 heterocycles. The van der Waals surface area contributed by atoms with Crippen molar-refractivity contribution in [3.05, 3.63) is 64.3 Å². The Kier molecular flexibility index (Phi) is 4.99. The molecule has 0 spiro atoms. The molecule has 0 aliphatic heterocycles. The van der Waals surface area contributed by atoms with Crippen molar-refractivity contribution in [3.63, 3.8) is 0 Å². The van der Waals surface area contributed by atoms with Crippen LogP contribution in [0.5, 0.6) is 5.75 Å². The van der Waals surface area contributed by atoms with Crippen molar-refractivity contribution in [1.82, 2.24) is 15.0 Å². The number of carbonyl (C=O) groups is 1. The van der Waals surface area contributed by atoms with E-state index in [2.05, 4.69) is 31.6 Å². The average Bonchev–Trinajstić information content (AvgIpc) is 2.98. The first-order valence-electron chi connectivity index (χ1n) is 7.45. The molecule has 0 atom stereocenters. The zero-order chi connectivity index (χ0) is 17.8. The van der Waals surface area contributed by atoms with Crippen LogP contribution in [0.3, 0.4) is 0 Å². The lowest BCUT2D eigenvalue weighted by Gasteiger charge is -2.06. The molecule has 128 valence electrons. The predicted molar refractivity (Wildman–Crippen MR) is 98.6 cm³/mol. The summed E-state index contributed by atoms with van der Waals surface area (Å²) in [6, 6.07) is 14.7. The molecule has 25 heavy (non-hydrogen) atoms. The Morgan fingerprint density at radius 2 is 2.04 bits per heavy atom. The van der Waals surface area contributed by atoms with Gasteiger partial charge in [-0.05, 0) is 42.0 Å². The number of carbonyl (C=O) groups excluding carboxylic acids is 1. The third kappa shape index (κ3) is 3.97. The summed E-state index contributed by atoms with van der Waals surface area (Å²) in [4.78, 5) is 12.3. The van der Waals surface area contributed by atoms with Gasteiger partial charge < -0.3 is 15.8 Å². The number of nitrogens with one attached hydrogen (secondary N) is 1. The highest BCUT2D eigenvalue weighted by molar-refractivity contribution is 9.10. The summed E-state index contributed by atoms with van der Waals surface area (Å²) >= 11 is 3.35. The van der Waals surface area contributed by atoms with E-state index < -0.39 is 5.91 Å². The van der Waals surface area contributed by atoms with Gasteiger partial charge >= 0.3 is 0 Å². The third-order valence-electron chi connectivity index (χ3n) is 3.56. The first kappa shape index (κ1) is 17.0. The Balaban J connectivity index is 1.75. The number of aromatic nitrogens is 3. The van der Waals surface area contributed by atoms with Crippen molar-refractivity contribution in [2.24, 2.45) is 0 Å². The van der Waals surface area contributed by atoms with E-state index in [0.29, 0.717) is 12.2 Å². The lowest BCUT2D eigenvalue weighted by Crippen LogP contribution is -2.15. The zero-order valence-electron chi connectivity index (χ0n) is 13.4. The second-order valence-electron chi connectivity index (χ2n) is 5.29. The molecular weight excluding hydrogens is 386 g/mol. The Morgan fingerprint density at radius 1 is 1.28 bits per heavy atom. The molecule has 8 heteroatoms. The standard InChI is InChI=1S/C17H16BrN5O2/c1-25-14-4-2-3-11(9-14)10-23-16(19)15(21-22-23)17(24)20-13-7-5-12(18)6-8-13/h2-9H,10,19H2,1H3,(H,20,24). The largest absolute Gasteiger partial charge is 0.497 e. The number of ether oxygens (including phenoxy) is 1. The smallest absolute Gasteiger partial charge is 0.280 e. The number of methoxy groups -OCH3 is 1. The third-order valence-corrected chi connectivity index (χ3v) is 4.09. The molecule has 3 aromatic rings. The number of hydrogen-bond donors (Lipinski definition) is 2. The molecule has 1 amide bonds. The molecule has 0 saturated heterocycles. The highest BCUT2D eigenvalue weighted by Gasteiger charge is 2.18. The molecule has 1 aromatic heterocycles. The minimum absolute atomic E-state index is 0.0887. The van der Waals surface area contributed by atoms with Crippen LogP contribution in [-0.4, -0.2) is 28.0 Å². The highest BCUT2D eigenvalue weighted by Crippen LogP contribution is 2.18. The minimum atomic E-state index is -0.406. The van der Waals surface area contributed by atoms with E-state index >= 15 is 0 Å². The molecule has 0 aliphatic carbocycles. The van der Waals surface area contributed by atoms with Gasteiger partial charge in [0.2, 0.25) is 0 Å². The molecule has 0 radical (unpaired) electrons. The number of rotatable bonds is 5. The Morgan fingerprint density at radius 3 is 2.76 bits per heavy atom. The van der Waals surface area contributed by atoms with E-state index in [1.165, 1.54) is 4.68 Å². The highest BCUT2D eigenvalue weighted by atomic mass is 79.9. The summed E-state index contributed by atoms with van der Waals surface area (Å²) in [5.74, 6) is 0.540. The van der Waals surface area contributed by atoms with Crippen molar-refractivity contribution in [2.75, 3.05) is 18.2 Å². The molecule has 0 fully saturated rings. The summed E-state index contributed by atoms with van der Waals surface area (Å²) in [5.41, 5.74) is 7.72. The maximum Gasteiger partial charge on any atom is 0.280 e. The summed E-state index contributed by atoms with van der Waals surface area (Å²) in [6.07, 6.45) is 0. The summed E-state index contributed by atoms with van der Waals surface area (Å²) < 4.78 is 7.60. The van der Waals surface area contributed by atoms with E-state index in [-0.39, 0.29) is 11.5 Å². The number of hydrogen-bond acceptors (Lipinski definition) is 5. The molecule has 0 unspecified atom stereocenters. The number of nitrogens with two attached hydrogens (primary N) is 1. The fraction of sp³-hybridized carbons (Fsp3) is 0.118. The van der Waals surface area contributed by atoms with Crippen LogP contribution in [0.15, 0.2) is 53.0 Å². The van der Waals surface area contributed by atoms with Gasteiger partial charge in [0.1, 0.15) is 5.75 Å². The molecule has 3 rings (SSSR count). The monoisotopic (exact) mass is 401 g/mol. The Bertz CT molecular complexity index is 892. The van der Waals surface area contributed by atoms with Crippen molar-refractivity contribution >= 4 is 33.3 Å². The molecule has 0 saturated carbocycles. The fourth-order valence-electron chi connectivity index (χ4n) is 2.27. The molecular formula is C17H16BrN5O2. The molecule has 7 nitrogen and oxygen atoms in total. The van der Waals surface area contributed by atoms with Crippen LogP contribution in [0.1, 0.15) is 16.1 Å². The lowest BCUT2D eigenvalue weighted by molar-refractivity contribution is 0.102. The molecule has 2 aromatic carbocycles. The van der Waals surface area contributed by atoms with Crippen LogP contribution in [0.2, 0.25) is 0 Å². The van der Waals surface area contributed by atoms with Crippen LogP contribution >= 0.6 is 15.9 Å². The Hall–Kier alpha value is -2.87. The number of halogens is 1. The minimum Gasteiger partial charge on any atom is -0.497 e. The van der Waals surface area contributed by atoms with Gasteiger partial charge in [-0.15, -0.1) is 5.10 Å². The van der Waals surface area contributed by atoms with Gasteiger partial charge in [-0.3, -0.25) is 4.79 Å². The van der Waals surface area contributed by atoms with E-state index in [1.807, 2.05) is 36.4 Å². The molecule has 0 aliphatic rings. The first-order valence-corrected chi connectivity index (χ1v) is 8.25. The molecule has 0 bridgehead atoms. The second-order valence-corrected chi connectivity index (χ2v) is 6.21. The lowest BCUT2D eigenvalue weighted by atomic mass is 10.2.